The first-order chi connectivity index (χ1) is 9.24. The summed E-state index contributed by atoms with van der Waals surface area (Å²) in [5.74, 6) is 7.03. The maximum atomic E-state index is 4.28. The Bertz CT molecular complexity index is 585. The van der Waals surface area contributed by atoms with Crippen molar-refractivity contribution in [3.63, 3.8) is 0 Å². The normalized spacial score (nSPS) is 43.3. The van der Waals surface area contributed by atoms with Crippen LogP contribution in [-0.2, 0) is 0 Å². The second kappa shape index (κ2) is 4.21. The van der Waals surface area contributed by atoms with Gasteiger partial charge in [-0.15, -0.1) is 0 Å². The van der Waals surface area contributed by atoms with Crippen LogP contribution in [0.4, 0.5) is 0 Å². The molecule has 0 aliphatic heterocycles. The smallest absolute Gasteiger partial charge is 0.0180 e. The van der Waals surface area contributed by atoms with Crippen molar-refractivity contribution in [1.29, 1.82) is 0 Å². The molecule has 4 rings (SSSR count). The van der Waals surface area contributed by atoms with Crippen LogP contribution in [0.3, 0.4) is 0 Å². The quantitative estimate of drug-likeness (QED) is 0.628. The summed E-state index contributed by atoms with van der Waals surface area (Å²) in [7, 11) is 0.245. The predicted octanol–water partition coefficient (Wildman–Crippen LogP) is 4.12. The minimum absolute atomic E-state index is 0.245. The number of hydrogen-bond donors (Lipinski definition) is 0. The van der Waals surface area contributed by atoms with Crippen molar-refractivity contribution in [2.75, 3.05) is 6.26 Å². The summed E-state index contributed by atoms with van der Waals surface area (Å²) in [4.78, 5) is 0. The zero-order valence-corrected chi connectivity index (χ0v) is 12.1. The Balaban J connectivity index is 1.84. The van der Waals surface area contributed by atoms with Crippen molar-refractivity contribution in [2.24, 2.45) is 23.7 Å². The lowest BCUT2D eigenvalue weighted by molar-refractivity contribution is 0.274. The van der Waals surface area contributed by atoms with E-state index < -0.39 is 0 Å². The molecule has 0 spiro atoms. The monoisotopic (exact) mass is 268 g/mol. The first-order valence-electron chi connectivity index (χ1n) is 7.15. The summed E-state index contributed by atoms with van der Waals surface area (Å²) in [6.45, 7) is 0. The van der Waals surface area contributed by atoms with Crippen molar-refractivity contribution in [3.05, 3.63) is 59.8 Å². The zero-order chi connectivity index (χ0) is 13.0. The van der Waals surface area contributed by atoms with Crippen molar-refractivity contribution < 1.29 is 0 Å². The van der Waals surface area contributed by atoms with Gasteiger partial charge in [0.1, 0.15) is 0 Å². The molecule has 0 radical (unpaired) electrons. The van der Waals surface area contributed by atoms with Gasteiger partial charge in [0.2, 0.25) is 0 Å². The molecule has 19 heavy (non-hydrogen) atoms. The second-order valence-electron chi connectivity index (χ2n) is 6.19. The Morgan fingerprint density at radius 2 is 1.95 bits per heavy atom. The highest BCUT2D eigenvalue weighted by atomic mass is 32.2. The first-order valence-corrected chi connectivity index (χ1v) is 9.01. The predicted molar refractivity (Wildman–Crippen MR) is 86.6 cm³/mol. The highest BCUT2D eigenvalue weighted by Crippen LogP contribution is 2.52. The number of hydrogen-bond acceptors (Lipinski definition) is 0. The van der Waals surface area contributed by atoms with E-state index in [4.69, 9.17) is 0 Å². The van der Waals surface area contributed by atoms with Crippen LogP contribution >= 0.6 is 10.5 Å². The topological polar surface area (TPSA) is 0 Å². The van der Waals surface area contributed by atoms with Crippen molar-refractivity contribution >= 4 is 16.4 Å². The summed E-state index contributed by atoms with van der Waals surface area (Å²) < 4.78 is 0. The molecular weight excluding hydrogens is 248 g/mol. The van der Waals surface area contributed by atoms with Crippen molar-refractivity contribution in [3.8, 4) is 0 Å². The van der Waals surface area contributed by atoms with E-state index in [0.29, 0.717) is 17.1 Å². The van der Waals surface area contributed by atoms with Gasteiger partial charge in [-0.25, -0.2) is 0 Å². The number of rotatable bonds is 1. The van der Waals surface area contributed by atoms with E-state index >= 15 is 0 Å². The summed E-state index contributed by atoms with van der Waals surface area (Å²) in [6.07, 6.45) is 22.7. The SMILES string of the molecule is C=S(C)C1C=C2C=CC3C=CC=C4C=CC(C1)C2C43. The fraction of sp³-hybridized carbons (Fsp3) is 0.389. The molecule has 0 aromatic heterocycles. The first kappa shape index (κ1) is 11.7. The Morgan fingerprint density at radius 1 is 1.11 bits per heavy atom. The summed E-state index contributed by atoms with van der Waals surface area (Å²) in [6, 6.07) is 0. The Labute approximate surface area is 118 Å². The largest absolute Gasteiger partial charge is 0.189 e. The van der Waals surface area contributed by atoms with Crippen LogP contribution in [0, 0.1) is 23.7 Å². The molecule has 0 aromatic carbocycles. The molecule has 0 nitrogen and oxygen atoms in total. The third kappa shape index (κ3) is 1.71. The van der Waals surface area contributed by atoms with Gasteiger partial charge in [0.15, 0.2) is 0 Å². The molecule has 6 atom stereocenters. The molecule has 0 N–H and O–H groups in total. The van der Waals surface area contributed by atoms with Gasteiger partial charge in [-0.3, -0.25) is 0 Å². The van der Waals surface area contributed by atoms with E-state index in [9.17, 15) is 0 Å². The van der Waals surface area contributed by atoms with Crippen LogP contribution in [0.1, 0.15) is 6.42 Å². The third-order valence-electron chi connectivity index (χ3n) is 5.10. The van der Waals surface area contributed by atoms with Crippen LogP contribution in [-0.4, -0.2) is 17.4 Å². The molecule has 0 aromatic rings. The second-order valence-corrected chi connectivity index (χ2v) is 8.18. The highest BCUT2D eigenvalue weighted by Gasteiger charge is 2.43. The summed E-state index contributed by atoms with van der Waals surface area (Å²) >= 11 is 0. The molecule has 0 saturated carbocycles. The molecule has 98 valence electrons. The number of allylic oxidation sites excluding steroid dienone is 9. The Hall–Kier alpha value is -1.08. The fourth-order valence-electron chi connectivity index (χ4n) is 4.18. The van der Waals surface area contributed by atoms with E-state index in [2.05, 4.69) is 60.7 Å². The highest BCUT2D eigenvalue weighted by molar-refractivity contribution is 8.14. The van der Waals surface area contributed by atoms with Crippen LogP contribution < -0.4 is 0 Å². The molecule has 0 bridgehead atoms. The molecular formula is C18H20S. The average Bonchev–Trinajstić information content (AvgIpc) is 2.44. The summed E-state index contributed by atoms with van der Waals surface area (Å²) in [5.41, 5.74) is 3.11. The molecule has 0 amide bonds. The lowest BCUT2D eigenvalue weighted by Gasteiger charge is -2.47. The lowest BCUT2D eigenvalue weighted by atomic mass is 9.59. The van der Waals surface area contributed by atoms with Crippen LogP contribution in [0.25, 0.3) is 0 Å². The van der Waals surface area contributed by atoms with E-state index in [0.717, 1.165) is 11.8 Å². The lowest BCUT2D eigenvalue weighted by Crippen LogP contribution is -2.39. The molecule has 0 fully saturated rings. The van der Waals surface area contributed by atoms with Gasteiger partial charge in [-0.05, 0) is 35.7 Å². The molecule has 0 heterocycles. The Morgan fingerprint density at radius 3 is 2.79 bits per heavy atom. The van der Waals surface area contributed by atoms with Crippen LogP contribution in [0.2, 0.25) is 0 Å². The van der Waals surface area contributed by atoms with E-state index in [-0.39, 0.29) is 10.5 Å². The average molecular weight is 268 g/mol. The van der Waals surface area contributed by atoms with Gasteiger partial charge in [-0.2, -0.15) is 10.5 Å². The molecule has 4 aliphatic carbocycles. The van der Waals surface area contributed by atoms with Gasteiger partial charge in [0, 0.05) is 17.1 Å². The summed E-state index contributed by atoms with van der Waals surface area (Å²) in [5, 5.41) is 0.673. The van der Waals surface area contributed by atoms with E-state index in [1.807, 2.05) is 0 Å². The fourth-order valence-corrected chi connectivity index (χ4v) is 5.12. The van der Waals surface area contributed by atoms with Gasteiger partial charge >= 0.3 is 0 Å². The standard InChI is InChI=1S/C18H20S/c1-19(2)16-10-14-8-6-12-4-3-5-13-7-9-15(11-16)18(14)17(12)13/h3-10,12,15-18H,1,11H2,2H3. The van der Waals surface area contributed by atoms with Crippen LogP contribution in [0.15, 0.2) is 59.8 Å². The van der Waals surface area contributed by atoms with Crippen molar-refractivity contribution in [1.82, 2.24) is 0 Å². The molecule has 6 unspecified atom stereocenters. The molecule has 1 heteroatoms. The van der Waals surface area contributed by atoms with Gasteiger partial charge in [-0.1, -0.05) is 54.5 Å². The Kier molecular flexibility index (Phi) is 2.60. The minimum Gasteiger partial charge on any atom is -0.189 e. The van der Waals surface area contributed by atoms with Gasteiger partial charge in [0.05, 0.1) is 0 Å². The zero-order valence-electron chi connectivity index (χ0n) is 11.3. The maximum Gasteiger partial charge on any atom is 0.0180 e. The van der Waals surface area contributed by atoms with E-state index in [1.165, 1.54) is 12.0 Å². The van der Waals surface area contributed by atoms with Gasteiger partial charge < -0.3 is 0 Å². The van der Waals surface area contributed by atoms with Crippen LogP contribution in [0.5, 0.6) is 0 Å². The minimum atomic E-state index is 0.245. The van der Waals surface area contributed by atoms with Crippen molar-refractivity contribution in [2.45, 2.75) is 11.7 Å². The van der Waals surface area contributed by atoms with E-state index in [1.54, 1.807) is 5.57 Å². The third-order valence-corrected chi connectivity index (χ3v) is 6.46. The maximum absolute atomic E-state index is 4.28. The molecule has 4 aliphatic rings. The molecule has 0 saturated heterocycles. The van der Waals surface area contributed by atoms with Gasteiger partial charge in [0.25, 0.3) is 0 Å².